The van der Waals surface area contributed by atoms with E-state index in [2.05, 4.69) is 25.2 Å². The number of hydrogen-bond acceptors (Lipinski definition) is 2. The molecule has 2 nitrogen and oxygen atoms in total. The van der Waals surface area contributed by atoms with E-state index in [9.17, 15) is 0 Å². The van der Waals surface area contributed by atoms with Gasteiger partial charge in [-0.25, -0.2) is 0 Å². The van der Waals surface area contributed by atoms with E-state index < -0.39 is 0 Å². The fourth-order valence-corrected chi connectivity index (χ4v) is 3.06. The minimum Gasteiger partial charge on any atom is -0.472 e. The zero-order valence-electron chi connectivity index (χ0n) is 11.2. The van der Waals surface area contributed by atoms with Crippen LogP contribution in [0.1, 0.15) is 51.5 Å². The van der Waals surface area contributed by atoms with Gasteiger partial charge in [0.15, 0.2) is 0 Å². The van der Waals surface area contributed by atoms with Crippen LogP contribution < -0.4 is 5.32 Å². The molecule has 96 valence electrons. The Morgan fingerprint density at radius 3 is 2.76 bits per heavy atom. The Balaban J connectivity index is 2.02. The predicted molar refractivity (Wildman–Crippen MR) is 71.1 cm³/mol. The van der Waals surface area contributed by atoms with Gasteiger partial charge in [0.1, 0.15) is 0 Å². The van der Waals surface area contributed by atoms with Crippen molar-refractivity contribution in [2.24, 2.45) is 5.41 Å². The quantitative estimate of drug-likeness (QED) is 0.812. The van der Waals surface area contributed by atoms with Gasteiger partial charge in [-0.05, 0) is 49.3 Å². The molecule has 1 unspecified atom stereocenters. The molecule has 1 aliphatic rings. The first-order chi connectivity index (χ1) is 8.24. The highest BCUT2D eigenvalue weighted by atomic mass is 16.3. The van der Waals surface area contributed by atoms with E-state index in [-0.39, 0.29) is 0 Å². The third kappa shape index (κ3) is 3.12. The first kappa shape index (κ1) is 12.7. The van der Waals surface area contributed by atoms with Crippen molar-refractivity contribution in [3.63, 3.8) is 0 Å². The fourth-order valence-electron chi connectivity index (χ4n) is 3.06. The molecule has 0 amide bonds. The molecule has 0 bridgehead atoms. The molecule has 0 spiro atoms. The average Bonchev–Trinajstić information content (AvgIpc) is 2.96. The van der Waals surface area contributed by atoms with Gasteiger partial charge in [-0.15, -0.1) is 0 Å². The lowest BCUT2D eigenvalue weighted by atomic mass is 9.78. The van der Waals surface area contributed by atoms with Gasteiger partial charge in [-0.2, -0.15) is 0 Å². The lowest BCUT2D eigenvalue weighted by molar-refractivity contribution is 0.219. The van der Waals surface area contributed by atoms with Gasteiger partial charge in [-0.3, -0.25) is 0 Å². The van der Waals surface area contributed by atoms with Crippen LogP contribution in [0.4, 0.5) is 0 Å². The second-order valence-corrected chi connectivity index (χ2v) is 5.70. The maximum Gasteiger partial charge on any atom is 0.0935 e. The topological polar surface area (TPSA) is 25.2 Å². The van der Waals surface area contributed by atoms with Gasteiger partial charge in [-0.1, -0.05) is 26.7 Å². The van der Waals surface area contributed by atoms with Gasteiger partial charge >= 0.3 is 0 Å². The highest BCUT2D eigenvalue weighted by Crippen LogP contribution is 2.41. The van der Waals surface area contributed by atoms with Crippen molar-refractivity contribution >= 4 is 0 Å². The predicted octanol–water partition coefficient (Wildman–Crippen LogP) is 3.77. The van der Waals surface area contributed by atoms with Gasteiger partial charge in [0.05, 0.1) is 12.5 Å². The van der Waals surface area contributed by atoms with Crippen molar-refractivity contribution in [2.45, 2.75) is 58.4 Å². The van der Waals surface area contributed by atoms with Gasteiger partial charge in [0.2, 0.25) is 0 Å². The molecule has 2 rings (SSSR count). The molecule has 0 aromatic carbocycles. The summed E-state index contributed by atoms with van der Waals surface area (Å²) in [5, 5.41) is 3.75. The summed E-state index contributed by atoms with van der Waals surface area (Å²) in [6.07, 6.45) is 11.5. The number of hydrogen-bond donors (Lipinski definition) is 1. The van der Waals surface area contributed by atoms with Crippen molar-refractivity contribution in [3.8, 4) is 0 Å². The summed E-state index contributed by atoms with van der Waals surface area (Å²) in [4.78, 5) is 0. The third-order valence-electron chi connectivity index (χ3n) is 4.25. The Morgan fingerprint density at radius 1 is 1.41 bits per heavy atom. The molecule has 1 heterocycles. The number of furan rings is 1. The van der Waals surface area contributed by atoms with Crippen LogP contribution in [0, 0.1) is 5.41 Å². The van der Waals surface area contributed by atoms with Crippen LogP contribution >= 0.6 is 0 Å². The first-order valence-electron chi connectivity index (χ1n) is 6.99. The Labute approximate surface area is 105 Å². The van der Waals surface area contributed by atoms with Crippen molar-refractivity contribution in [2.75, 3.05) is 6.54 Å². The molecular formula is C15H25NO. The molecule has 1 aromatic rings. The lowest BCUT2D eigenvalue weighted by Crippen LogP contribution is -2.44. The van der Waals surface area contributed by atoms with E-state index >= 15 is 0 Å². The summed E-state index contributed by atoms with van der Waals surface area (Å²) in [7, 11) is 0. The fraction of sp³-hybridized carbons (Fsp3) is 0.733. The first-order valence-corrected chi connectivity index (χ1v) is 6.99. The van der Waals surface area contributed by atoms with Crippen LogP contribution in [-0.2, 0) is 6.42 Å². The van der Waals surface area contributed by atoms with E-state index in [4.69, 9.17) is 4.42 Å². The van der Waals surface area contributed by atoms with Crippen LogP contribution in [0.15, 0.2) is 23.0 Å². The molecule has 0 saturated heterocycles. The maximum atomic E-state index is 5.19. The third-order valence-corrected chi connectivity index (χ3v) is 4.25. The molecule has 17 heavy (non-hydrogen) atoms. The highest BCUT2D eigenvalue weighted by Gasteiger charge is 2.36. The largest absolute Gasteiger partial charge is 0.472 e. The Bertz CT molecular complexity index is 312. The lowest BCUT2D eigenvalue weighted by Gasteiger charge is -2.35. The smallest absolute Gasteiger partial charge is 0.0935 e. The van der Waals surface area contributed by atoms with Crippen LogP contribution in [0.2, 0.25) is 0 Å². The van der Waals surface area contributed by atoms with Gasteiger partial charge in [0, 0.05) is 6.04 Å². The second kappa shape index (κ2) is 5.72. The van der Waals surface area contributed by atoms with Crippen molar-refractivity contribution in [1.29, 1.82) is 0 Å². The molecule has 1 N–H and O–H groups in total. The summed E-state index contributed by atoms with van der Waals surface area (Å²) in [6.45, 7) is 5.81. The summed E-state index contributed by atoms with van der Waals surface area (Å²) in [5.41, 5.74) is 1.80. The van der Waals surface area contributed by atoms with Crippen LogP contribution in [0.5, 0.6) is 0 Å². The minimum absolute atomic E-state index is 0.479. The average molecular weight is 235 g/mol. The zero-order chi connectivity index (χ0) is 12.1. The summed E-state index contributed by atoms with van der Waals surface area (Å²) in [5.74, 6) is 0. The summed E-state index contributed by atoms with van der Waals surface area (Å²) >= 11 is 0. The van der Waals surface area contributed by atoms with E-state index in [0.717, 1.165) is 13.0 Å². The number of nitrogens with one attached hydrogen (secondary N) is 1. The van der Waals surface area contributed by atoms with Crippen molar-refractivity contribution < 1.29 is 4.42 Å². The molecule has 1 aliphatic carbocycles. The number of rotatable bonds is 6. The van der Waals surface area contributed by atoms with E-state index in [1.165, 1.54) is 37.7 Å². The van der Waals surface area contributed by atoms with Crippen molar-refractivity contribution in [1.82, 2.24) is 5.32 Å². The Kier molecular flexibility index (Phi) is 4.27. The van der Waals surface area contributed by atoms with Crippen LogP contribution in [0.25, 0.3) is 0 Å². The SMILES string of the molecule is CCCNC(Cc1ccoc1)C1(C)CCCC1. The standard InChI is InChI=1S/C15H25NO/c1-3-9-16-14(11-13-6-10-17-12-13)15(2)7-4-5-8-15/h6,10,12,14,16H,3-5,7-9,11H2,1-2H3. The molecular weight excluding hydrogens is 210 g/mol. The molecule has 2 heteroatoms. The minimum atomic E-state index is 0.479. The van der Waals surface area contributed by atoms with E-state index in [1.807, 2.05) is 6.26 Å². The van der Waals surface area contributed by atoms with Crippen molar-refractivity contribution in [3.05, 3.63) is 24.2 Å². The maximum absolute atomic E-state index is 5.19. The van der Waals surface area contributed by atoms with Crippen LogP contribution in [-0.4, -0.2) is 12.6 Å². The van der Waals surface area contributed by atoms with Gasteiger partial charge in [0.25, 0.3) is 0 Å². The van der Waals surface area contributed by atoms with E-state index in [0.29, 0.717) is 11.5 Å². The second-order valence-electron chi connectivity index (χ2n) is 5.70. The Morgan fingerprint density at radius 2 is 2.18 bits per heavy atom. The molecule has 1 saturated carbocycles. The summed E-state index contributed by atoms with van der Waals surface area (Å²) in [6, 6.07) is 2.70. The van der Waals surface area contributed by atoms with Gasteiger partial charge < -0.3 is 9.73 Å². The molecule has 0 radical (unpaired) electrons. The zero-order valence-corrected chi connectivity index (χ0v) is 11.2. The van der Waals surface area contributed by atoms with E-state index in [1.54, 1.807) is 6.26 Å². The molecule has 1 atom stereocenters. The monoisotopic (exact) mass is 235 g/mol. The Hall–Kier alpha value is -0.760. The molecule has 0 aliphatic heterocycles. The normalized spacial score (nSPS) is 20.6. The highest BCUT2D eigenvalue weighted by molar-refractivity contribution is 5.10. The summed E-state index contributed by atoms with van der Waals surface area (Å²) < 4.78 is 5.19. The molecule has 1 fully saturated rings. The molecule has 1 aromatic heterocycles. The van der Waals surface area contributed by atoms with Crippen LogP contribution in [0.3, 0.4) is 0 Å².